The molecular weight excluding hydrogens is 431 g/mol. The van der Waals surface area contributed by atoms with E-state index in [0.717, 1.165) is 22.0 Å². The smallest absolute Gasteiger partial charge is 0.325 e. The van der Waals surface area contributed by atoms with Gasteiger partial charge in [0.15, 0.2) is 0 Å². The Hall–Kier alpha value is -4.70. The molecule has 1 atom stereocenters. The lowest BCUT2D eigenvalue weighted by Crippen LogP contribution is -2.26. The number of anilines is 1. The van der Waals surface area contributed by atoms with Gasteiger partial charge in [-0.15, -0.1) is 0 Å². The maximum atomic E-state index is 14.0. The summed E-state index contributed by atoms with van der Waals surface area (Å²) in [6.45, 7) is 1.46. The van der Waals surface area contributed by atoms with Gasteiger partial charge in [-0.05, 0) is 59.8 Å². The minimum Gasteiger partial charge on any atom is -0.480 e. The zero-order valence-corrected chi connectivity index (χ0v) is 18.1. The van der Waals surface area contributed by atoms with Crippen LogP contribution < -0.4 is 5.32 Å². The second-order valence-corrected chi connectivity index (χ2v) is 8.04. The number of aromatic nitrogens is 2. The summed E-state index contributed by atoms with van der Waals surface area (Å²) in [7, 11) is 0. The number of pyridine rings is 1. The molecule has 3 aromatic carbocycles. The van der Waals surface area contributed by atoms with Crippen LogP contribution in [0.25, 0.3) is 44.2 Å². The first-order valence-electron chi connectivity index (χ1n) is 10.7. The number of rotatable bonds is 5. The number of nitrogens with one attached hydrogen (secondary N) is 2. The van der Waals surface area contributed by atoms with Crippen LogP contribution >= 0.6 is 0 Å². The third-order valence-corrected chi connectivity index (χ3v) is 5.84. The molecule has 7 heteroatoms. The third kappa shape index (κ3) is 3.71. The molecule has 0 amide bonds. The second-order valence-electron chi connectivity index (χ2n) is 8.04. The van der Waals surface area contributed by atoms with Crippen molar-refractivity contribution in [3.05, 3.63) is 84.3 Å². The molecule has 3 N–H and O–H groups in total. The molecule has 0 spiro atoms. The normalized spacial score (nSPS) is 11.9. The summed E-state index contributed by atoms with van der Waals surface area (Å²) >= 11 is 0. The Morgan fingerprint density at radius 1 is 1.06 bits per heavy atom. The number of aliphatic carboxylic acids is 1. The lowest BCUT2D eigenvalue weighted by Gasteiger charge is -2.17. The summed E-state index contributed by atoms with van der Waals surface area (Å²) in [5.74, 6) is -1.59. The van der Waals surface area contributed by atoms with Crippen LogP contribution in [-0.2, 0) is 4.79 Å². The lowest BCUT2D eigenvalue weighted by molar-refractivity contribution is -0.137. The highest BCUT2D eigenvalue weighted by molar-refractivity contribution is 5.99. The zero-order chi connectivity index (χ0) is 23.8. The molecule has 0 bridgehead atoms. The molecule has 34 heavy (non-hydrogen) atoms. The van der Waals surface area contributed by atoms with Crippen LogP contribution in [0.2, 0.25) is 0 Å². The molecule has 2 heterocycles. The molecule has 0 saturated heterocycles. The molecule has 0 saturated carbocycles. The highest BCUT2D eigenvalue weighted by atomic mass is 19.1. The number of nitriles is 1. The first-order chi connectivity index (χ1) is 16.4. The molecule has 0 aliphatic rings. The van der Waals surface area contributed by atoms with Gasteiger partial charge in [0.05, 0.1) is 16.9 Å². The van der Waals surface area contributed by atoms with Gasteiger partial charge in [0.25, 0.3) is 0 Å². The highest BCUT2D eigenvalue weighted by Gasteiger charge is 2.21. The van der Waals surface area contributed by atoms with Crippen LogP contribution in [0.5, 0.6) is 0 Å². The van der Waals surface area contributed by atoms with E-state index in [1.54, 1.807) is 0 Å². The van der Waals surface area contributed by atoms with Crippen molar-refractivity contribution in [1.82, 2.24) is 9.97 Å². The summed E-state index contributed by atoms with van der Waals surface area (Å²) in [6.07, 6.45) is 1.90. The first-order valence-corrected chi connectivity index (χ1v) is 10.7. The molecule has 2 aromatic heterocycles. The quantitative estimate of drug-likeness (QED) is 0.307. The predicted octanol–water partition coefficient (Wildman–Crippen LogP) is 5.95. The number of halogens is 1. The molecule has 0 radical (unpaired) electrons. The van der Waals surface area contributed by atoms with E-state index < -0.39 is 17.8 Å². The van der Waals surface area contributed by atoms with Gasteiger partial charge in [-0.3, -0.25) is 4.79 Å². The number of hydrogen-bond acceptors (Lipinski definition) is 4. The number of carboxylic acid groups (broad SMARTS) is 1. The molecule has 0 aliphatic heterocycles. The van der Waals surface area contributed by atoms with Crippen LogP contribution in [0.15, 0.2) is 72.9 Å². The number of benzene rings is 3. The van der Waals surface area contributed by atoms with Gasteiger partial charge >= 0.3 is 5.97 Å². The highest BCUT2D eigenvalue weighted by Crippen LogP contribution is 2.35. The molecule has 6 nitrogen and oxygen atoms in total. The van der Waals surface area contributed by atoms with Gasteiger partial charge in [0.1, 0.15) is 23.5 Å². The number of nitrogens with zero attached hydrogens (tertiary/aromatic N) is 2. The van der Waals surface area contributed by atoms with Crippen molar-refractivity contribution in [2.75, 3.05) is 5.32 Å². The van der Waals surface area contributed by atoms with Crippen LogP contribution in [0, 0.1) is 17.1 Å². The van der Waals surface area contributed by atoms with E-state index in [9.17, 15) is 19.6 Å². The second kappa shape index (κ2) is 8.34. The standard InChI is InChI=1S/C27H19FN4O2/c1-15(27(33)34)31-26-21-13-20(28)7-9-24(21)32-25(22(26)14-29)17-4-2-16(3-5-17)18-6-8-23-19(12-18)10-11-30-23/h2-13,15,30H,1H3,(H,31,32)(H,33,34). The fraction of sp³-hybridized carbons (Fsp3) is 0.0741. The van der Waals surface area contributed by atoms with Crippen molar-refractivity contribution in [2.24, 2.45) is 0 Å². The van der Waals surface area contributed by atoms with Crippen molar-refractivity contribution < 1.29 is 14.3 Å². The summed E-state index contributed by atoms with van der Waals surface area (Å²) in [4.78, 5) is 19.3. The van der Waals surface area contributed by atoms with E-state index in [-0.39, 0.29) is 11.3 Å². The fourth-order valence-electron chi connectivity index (χ4n) is 4.03. The van der Waals surface area contributed by atoms with E-state index >= 15 is 0 Å². The van der Waals surface area contributed by atoms with Crippen molar-refractivity contribution in [2.45, 2.75) is 13.0 Å². The number of aromatic amines is 1. The summed E-state index contributed by atoms with van der Waals surface area (Å²) < 4.78 is 14.0. The van der Waals surface area contributed by atoms with Gasteiger partial charge in [-0.2, -0.15) is 5.26 Å². The van der Waals surface area contributed by atoms with Crippen molar-refractivity contribution >= 4 is 33.5 Å². The first kappa shape index (κ1) is 21.2. The Balaban J connectivity index is 1.63. The van der Waals surface area contributed by atoms with Crippen LogP contribution in [-0.4, -0.2) is 27.1 Å². The van der Waals surface area contributed by atoms with Crippen molar-refractivity contribution in [1.29, 1.82) is 5.26 Å². The topological polar surface area (TPSA) is 102 Å². The number of carboxylic acids is 1. The van der Waals surface area contributed by atoms with Gasteiger partial charge in [0, 0.05) is 22.7 Å². The van der Waals surface area contributed by atoms with Gasteiger partial charge in [-0.1, -0.05) is 30.3 Å². The van der Waals surface area contributed by atoms with Crippen molar-refractivity contribution in [3.8, 4) is 28.5 Å². The van der Waals surface area contributed by atoms with Gasteiger partial charge in [-0.25, -0.2) is 9.37 Å². The molecule has 5 rings (SSSR count). The van der Waals surface area contributed by atoms with E-state index in [1.165, 1.54) is 25.1 Å². The molecule has 0 aliphatic carbocycles. The molecule has 5 aromatic rings. The summed E-state index contributed by atoms with van der Waals surface area (Å²) in [6, 6.07) is 21.0. The number of fused-ring (bicyclic) bond motifs is 2. The van der Waals surface area contributed by atoms with Crippen LogP contribution in [0.4, 0.5) is 10.1 Å². The Labute approximate surface area is 194 Å². The maximum Gasteiger partial charge on any atom is 0.325 e. The number of hydrogen-bond donors (Lipinski definition) is 3. The Morgan fingerprint density at radius 3 is 2.53 bits per heavy atom. The Kier molecular flexibility index (Phi) is 5.19. The Bertz CT molecular complexity index is 1600. The molecular formula is C27H19FN4O2. The SMILES string of the molecule is CC(Nc1c(C#N)c(-c2ccc(-c3ccc4[nH]ccc4c3)cc2)nc2ccc(F)cc12)C(=O)O. The van der Waals surface area contributed by atoms with Crippen molar-refractivity contribution in [3.63, 3.8) is 0 Å². The minimum absolute atomic E-state index is 0.160. The van der Waals surface area contributed by atoms with Gasteiger partial charge in [0.2, 0.25) is 0 Å². The molecule has 166 valence electrons. The lowest BCUT2D eigenvalue weighted by atomic mass is 9.98. The largest absolute Gasteiger partial charge is 0.480 e. The average molecular weight is 450 g/mol. The molecule has 0 fully saturated rings. The predicted molar refractivity (Wildman–Crippen MR) is 130 cm³/mol. The van der Waals surface area contributed by atoms with E-state index in [4.69, 9.17) is 0 Å². The summed E-state index contributed by atoms with van der Waals surface area (Å²) in [5, 5.41) is 23.7. The molecule has 1 unspecified atom stereocenters. The number of H-pyrrole nitrogens is 1. The van der Waals surface area contributed by atoms with Gasteiger partial charge < -0.3 is 15.4 Å². The number of carbonyl (C=O) groups is 1. The summed E-state index contributed by atoms with van der Waals surface area (Å²) in [5.41, 5.74) is 5.08. The average Bonchev–Trinajstić information content (AvgIpc) is 3.32. The van der Waals surface area contributed by atoms with Crippen LogP contribution in [0.1, 0.15) is 12.5 Å². The Morgan fingerprint density at radius 2 is 1.79 bits per heavy atom. The maximum absolute atomic E-state index is 14.0. The van der Waals surface area contributed by atoms with E-state index in [0.29, 0.717) is 22.2 Å². The minimum atomic E-state index is -1.09. The third-order valence-electron chi connectivity index (χ3n) is 5.84. The van der Waals surface area contributed by atoms with Crippen LogP contribution in [0.3, 0.4) is 0 Å². The zero-order valence-electron chi connectivity index (χ0n) is 18.1. The van der Waals surface area contributed by atoms with E-state index in [1.807, 2.05) is 48.7 Å². The monoisotopic (exact) mass is 450 g/mol. The fourth-order valence-corrected chi connectivity index (χ4v) is 4.03. The van der Waals surface area contributed by atoms with E-state index in [2.05, 4.69) is 27.4 Å².